The molecule has 0 spiro atoms. The van der Waals surface area contributed by atoms with Gasteiger partial charge >= 0.3 is 0 Å². The number of nitrogens with two attached hydrogens (primary N) is 1. The lowest BCUT2D eigenvalue weighted by atomic mass is 10.1. The highest BCUT2D eigenvalue weighted by atomic mass is 16.6. The third-order valence-corrected chi connectivity index (χ3v) is 3.27. The van der Waals surface area contributed by atoms with Crippen LogP contribution in [0.5, 0.6) is 0 Å². The molecule has 0 aliphatic heterocycles. The summed E-state index contributed by atoms with van der Waals surface area (Å²) < 4.78 is 1.57. The summed E-state index contributed by atoms with van der Waals surface area (Å²) in [5, 5.41) is 23.1. The Bertz CT molecular complexity index is 832. The minimum Gasteiger partial charge on any atom is -0.383 e. The molecule has 0 saturated carbocycles. The van der Waals surface area contributed by atoms with Crippen LogP contribution in [-0.2, 0) is 0 Å². The summed E-state index contributed by atoms with van der Waals surface area (Å²) in [6, 6.07) is 6.26. The van der Waals surface area contributed by atoms with Crippen LogP contribution >= 0.6 is 0 Å². The maximum absolute atomic E-state index is 10.9. The van der Waals surface area contributed by atoms with Gasteiger partial charge in [-0.05, 0) is 12.0 Å². The van der Waals surface area contributed by atoms with E-state index in [9.17, 15) is 10.1 Å². The van der Waals surface area contributed by atoms with Crippen molar-refractivity contribution in [1.29, 1.82) is 0 Å². The average Bonchev–Trinajstić information content (AvgIpc) is 3.00. The third kappa shape index (κ3) is 2.00. The molecule has 3 aromatic rings. The molecular formula is C13H14N6O2. The molecule has 3 rings (SSSR count). The molecule has 0 aliphatic rings. The Morgan fingerprint density at radius 3 is 2.86 bits per heavy atom. The minimum atomic E-state index is -0.438. The van der Waals surface area contributed by atoms with Crippen LogP contribution in [0, 0.1) is 10.1 Å². The SMILES string of the molecule is CC(C)c1nn(-c2cccc([N+](=O)[O-])c2)c2n[nH]c(N)c12. The molecule has 0 aliphatic carbocycles. The smallest absolute Gasteiger partial charge is 0.271 e. The summed E-state index contributed by atoms with van der Waals surface area (Å²) in [5.41, 5.74) is 7.86. The molecule has 0 saturated heterocycles. The number of nitro groups is 1. The molecule has 2 heterocycles. The van der Waals surface area contributed by atoms with E-state index in [1.807, 2.05) is 13.8 Å². The summed E-state index contributed by atoms with van der Waals surface area (Å²) in [7, 11) is 0. The number of nitro benzene ring substituents is 1. The summed E-state index contributed by atoms with van der Waals surface area (Å²) >= 11 is 0. The Labute approximate surface area is 119 Å². The Morgan fingerprint density at radius 2 is 2.19 bits per heavy atom. The third-order valence-electron chi connectivity index (χ3n) is 3.27. The van der Waals surface area contributed by atoms with Gasteiger partial charge in [0.1, 0.15) is 5.82 Å². The van der Waals surface area contributed by atoms with Gasteiger partial charge in [-0.15, -0.1) is 0 Å². The first kappa shape index (κ1) is 13.1. The summed E-state index contributed by atoms with van der Waals surface area (Å²) in [4.78, 5) is 10.5. The molecule has 3 N–H and O–H groups in total. The number of nitrogen functional groups attached to an aromatic ring is 1. The maximum Gasteiger partial charge on any atom is 0.271 e. The fourth-order valence-electron chi connectivity index (χ4n) is 2.28. The van der Waals surface area contributed by atoms with E-state index in [-0.39, 0.29) is 11.6 Å². The Kier molecular flexibility index (Phi) is 2.86. The molecule has 0 bridgehead atoms. The molecule has 8 heteroatoms. The van der Waals surface area contributed by atoms with Gasteiger partial charge in [-0.1, -0.05) is 19.9 Å². The quantitative estimate of drug-likeness (QED) is 0.566. The fraction of sp³-hybridized carbons (Fsp3) is 0.231. The number of aromatic amines is 1. The molecule has 1 aromatic carbocycles. The standard InChI is InChI=1S/C13H14N6O2/c1-7(2)11-10-12(14)15-16-13(10)18(17-11)8-4-3-5-9(6-8)19(20)21/h3-7H,1-2H3,(H3,14,15,16). The van der Waals surface area contributed by atoms with Crippen LogP contribution in [0.25, 0.3) is 16.7 Å². The predicted molar refractivity (Wildman–Crippen MR) is 78.4 cm³/mol. The zero-order valence-corrected chi connectivity index (χ0v) is 11.6. The van der Waals surface area contributed by atoms with Gasteiger partial charge in [0.25, 0.3) is 5.69 Å². The van der Waals surface area contributed by atoms with Crippen molar-refractivity contribution >= 4 is 22.5 Å². The molecular weight excluding hydrogens is 272 g/mol. The number of fused-ring (bicyclic) bond motifs is 1. The number of nitrogens with one attached hydrogen (secondary N) is 1. The van der Waals surface area contributed by atoms with Gasteiger partial charge in [0.15, 0.2) is 5.65 Å². The van der Waals surface area contributed by atoms with Crippen LogP contribution in [-0.4, -0.2) is 24.9 Å². The summed E-state index contributed by atoms with van der Waals surface area (Å²) in [6.45, 7) is 4.01. The first-order valence-corrected chi connectivity index (χ1v) is 6.46. The Hall–Kier alpha value is -2.90. The number of non-ortho nitro benzene ring substituents is 1. The molecule has 8 nitrogen and oxygen atoms in total. The number of rotatable bonds is 3. The molecule has 0 unspecified atom stereocenters. The molecule has 2 aromatic heterocycles. The predicted octanol–water partition coefficient (Wildman–Crippen LogP) is 2.36. The molecule has 108 valence electrons. The Morgan fingerprint density at radius 1 is 1.43 bits per heavy atom. The van der Waals surface area contributed by atoms with E-state index in [2.05, 4.69) is 15.3 Å². The van der Waals surface area contributed by atoms with E-state index in [1.165, 1.54) is 12.1 Å². The van der Waals surface area contributed by atoms with E-state index >= 15 is 0 Å². The van der Waals surface area contributed by atoms with Gasteiger partial charge in [0.05, 0.1) is 21.7 Å². The van der Waals surface area contributed by atoms with Gasteiger partial charge in [-0.3, -0.25) is 15.2 Å². The van der Waals surface area contributed by atoms with E-state index in [0.717, 1.165) is 11.1 Å². The number of benzene rings is 1. The van der Waals surface area contributed by atoms with E-state index in [1.54, 1.807) is 16.8 Å². The minimum absolute atomic E-state index is 0.00533. The second-order valence-electron chi connectivity index (χ2n) is 5.06. The average molecular weight is 286 g/mol. The maximum atomic E-state index is 10.9. The first-order valence-electron chi connectivity index (χ1n) is 6.46. The number of H-pyrrole nitrogens is 1. The van der Waals surface area contributed by atoms with Crippen molar-refractivity contribution in [2.24, 2.45) is 0 Å². The lowest BCUT2D eigenvalue weighted by molar-refractivity contribution is -0.384. The van der Waals surface area contributed by atoms with Crippen molar-refractivity contribution in [3.63, 3.8) is 0 Å². The molecule has 0 radical (unpaired) electrons. The highest BCUT2D eigenvalue weighted by molar-refractivity contribution is 5.90. The van der Waals surface area contributed by atoms with Crippen LogP contribution in [0.3, 0.4) is 0 Å². The molecule has 0 atom stereocenters. The summed E-state index contributed by atoms with van der Waals surface area (Å²) in [5.74, 6) is 0.609. The lowest BCUT2D eigenvalue weighted by Crippen LogP contribution is -2.00. The zero-order valence-electron chi connectivity index (χ0n) is 11.6. The van der Waals surface area contributed by atoms with Crippen LogP contribution in [0.1, 0.15) is 25.5 Å². The monoisotopic (exact) mass is 286 g/mol. The van der Waals surface area contributed by atoms with E-state index < -0.39 is 4.92 Å². The van der Waals surface area contributed by atoms with Crippen molar-refractivity contribution in [1.82, 2.24) is 20.0 Å². The van der Waals surface area contributed by atoms with Crippen molar-refractivity contribution < 1.29 is 4.92 Å². The molecule has 0 fully saturated rings. The number of hydrogen-bond acceptors (Lipinski definition) is 5. The summed E-state index contributed by atoms with van der Waals surface area (Å²) in [6.07, 6.45) is 0. The van der Waals surface area contributed by atoms with Crippen molar-refractivity contribution in [3.05, 3.63) is 40.1 Å². The lowest BCUT2D eigenvalue weighted by Gasteiger charge is -2.02. The highest BCUT2D eigenvalue weighted by Crippen LogP contribution is 2.30. The first-order chi connectivity index (χ1) is 9.99. The topological polar surface area (TPSA) is 116 Å². The van der Waals surface area contributed by atoms with Crippen LogP contribution in [0.2, 0.25) is 0 Å². The van der Waals surface area contributed by atoms with E-state index in [0.29, 0.717) is 17.2 Å². The van der Waals surface area contributed by atoms with Gasteiger partial charge in [0, 0.05) is 12.1 Å². The highest BCUT2D eigenvalue weighted by Gasteiger charge is 2.20. The number of aromatic nitrogens is 4. The van der Waals surface area contributed by atoms with Crippen LogP contribution in [0.4, 0.5) is 11.5 Å². The molecule has 0 amide bonds. The fourth-order valence-corrected chi connectivity index (χ4v) is 2.28. The van der Waals surface area contributed by atoms with Gasteiger partial charge in [0.2, 0.25) is 0 Å². The normalized spacial score (nSPS) is 11.4. The van der Waals surface area contributed by atoms with E-state index in [4.69, 9.17) is 5.73 Å². The number of nitrogens with zero attached hydrogens (tertiary/aromatic N) is 4. The van der Waals surface area contributed by atoms with Gasteiger partial charge in [-0.25, -0.2) is 4.68 Å². The van der Waals surface area contributed by atoms with Crippen LogP contribution < -0.4 is 5.73 Å². The van der Waals surface area contributed by atoms with Crippen molar-refractivity contribution in [2.45, 2.75) is 19.8 Å². The Balaban J connectivity index is 2.26. The second kappa shape index (κ2) is 4.58. The number of hydrogen-bond donors (Lipinski definition) is 2. The van der Waals surface area contributed by atoms with Crippen molar-refractivity contribution in [3.8, 4) is 5.69 Å². The second-order valence-corrected chi connectivity index (χ2v) is 5.06. The van der Waals surface area contributed by atoms with Gasteiger partial charge in [-0.2, -0.15) is 10.2 Å². The zero-order chi connectivity index (χ0) is 15.1. The van der Waals surface area contributed by atoms with Gasteiger partial charge < -0.3 is 5.73 Å². The van der Waals surface area contributed by atoms with Crippen LogP contribution in [0.15, 0.2) is 24.3 Å². The molecule has 21 heavy (non-hydrogen) atoms. The number of anilines is 1. The largest absolute Gasteiger partial charge is 0.383 e. The van der Waals surface area contributed by atoms with Crippen molar-refractivity contribution in [2.75, 3.05) is 5.73 Å².